The molecule has 10 heteroatoms. The molecule has 0 radical (unpaired) electrons. The minimum Gasteiger partial charge on any atom is -0.350 e. The van der Waals surface area contributed by atoms with Gasteiger partial charge in [-0.2, -0.15) is 0 Å². The van der Waals surface area contributed by atoms with Crippen molar-refractivity contribution in [1.29, 1.82) is 0 Å². The number of hydrogen-bond acceptors (Lipinski definition) is 6. The molecule has 0 aliphatic heterocycles. The Morgan fingerprint density at radius 3 is 2.06 bits per heavy atom. The molecule has 0 fully saturated rings. The van der Waals surface area contributed by atoms with Gasteiger partial charge in [0.25, 0.3) is 5.91 Å². The molecule has 0 saturated heterocycles. The lowest BCUT2D eigenvalue weighted by Gasteiger charge is -2.20. The third-order valence-corrected chi connectivity index (χ3v) is 8.78. The summed E-state index contributed by atoms with van der Waals surface area (Å²) in [4.78, 5) is 36.3. The molecule has 2 heterocycles. The average Bonchev–Trinajstić information content (AvgIpc) is 3.72. The molecule has 6 rings (SSSR count). The van der Waals surface area contributed by atoms with Crippen molar-refractivity contribution in [3.8, 4) is 0 Å². The third kappa shape index (κ3) is 7.79. The normalized spacial score (nSPS) is 12.0. The Morgan fingerprint density at radius 2 is 1.33 bits per heavy atom. The van der Waals surface area contributed by atoms with Gasteiger partial charge in [0.1, 0.15) is 17.7 Å². The lowest BCUT2D eigenvalue weighted by atomic mass is 9.98. The first-order chi connectivity index (χ1) is 23.5. The number of nitrogens with one attached hydrogen (secondary N) is 4. The molecule has 6 aromatic rings. The van der Waals surface area contributed by atoms with E-state index in [2.05, 4.69) is 49.4 Å². The fraction of sp³-hybridized carbons (Fsp3) is 0.263. The minimum atomic E-state index is -0.708. The van der Waals surface area contributed by atoms with E-state index in [1.54, 1.807) is 12.4 Å². The van der Waals surface area contributed by atoms with Crippen LogP contribution in [-0.4, -0.2) is 43.5 Å². The van der Waals surface area contributed by atoms with Gasteiger partial charge < -0.3 is 30.4 Å². The Balaban J connectivity index is 1.15. The standard InChI is InChI=1S/C38H42N8O2/c1-45-21-19-41-35(45)25-39-18-8-15-34(38(48)43-24-28-11-7-10-27-9-3-4-12-30(27)28)44-37(47)33-17-16-29(31-13-5-6-14-32(31)33)23-40-26-36-42-20-22-46(36)2/h3-7,9-14,16-17,19-22,34,39-40H,8,15,18,23-26H2,1-2H3,(H,43,48)(H,44,47)/t34-/m0/s1. The van der Waals surface area contributed by atoms with E-state index in [1.807, 2.05) is 96.3 Å². The highest BCUT2D eigenvalue weighted by Gasteiger charge is 2.23. The van der Waals surface area contributed by atoms with Crippen molar-refractivity contribution in [2.75, 3.05) is 6.54 Å². The van der Waals surface area contributed by atoms with Gasteiger partial charge >= 0.3 is 0 Å². The van der Waals surface area contributed by atoms with E-state index >= 15 is 0 Å². The van der Waals surface area contributed by atoms with Crippen LogP contribution in [0, 0.1) is 0 Å². The molecule has 2 aromatic heterocycles. The molecule has 4 aromatic carbocycles. The SMILES string of the molecule is Cn1ccnc1CNCCC[C@H](NC(=O)c1ccc(CNCc2nccn2C)c2ccccc12)C(=O)NCc1cccc2ccccc12. The summed E-state index contributed by atoms with van der Waals surface area (Å²) in [5.41, 5.74) is 2.65. The molecule has 0 unspecified atom stereocenters. The number of rotatable bonds is 15. The molecule has 4 N–H and O–H groups in total. The first-order valence-electron chi connectivity index (χ1n) is 16.4. The highest BCUT2D eigenvalue weighted by atomic mass is 16.2. The van der Waals surface area contributed by atoms with Gasteiger partial charge in [-0.25, -0.2) is 9.97 Å². The van der Waals surface area contributed by atoms with Crippen molar-refractivity contribution >= 4 is 33.4 Å². The van der Waals surface area contributed by atoms with Crippen LogP contribution in [0.25, 0.3) is 21.5 Å². The molecule has 2 amide bonds. The number of aryl methyl sites for hydroxylation is 2. The number of hydrogen-bond donors (Lipinski definition) is 4. The highest BCUT2D eigenvalue weighted by Crippen LogP contribution is 2.24. The van der Waals surface area contributed by atoms with E-state index < -0.39 is 6.04 Å². The molecular formula is C38H42N8O2. The van der Waals surface area contributed by atoms with Crippen LogP contribution >= 0.6 is 0 Å². The number of carbonyl (C=O) groups is 2. The summed E-state index contributed by atoms with van der Waals surface area (Å²) in [6, 6.07) is 25.3. The van der Waals surface area contributed by atoms with Gasteiger partial charge in [0, 0.05) is 57.5 Å². The summed E-state index contributed by atoms with van der Waals surface area (Å²) in [7, 11) is 3.94. The van der Waals surface area contributed by atoms with Crippen molar-refractivity contribution < 1.29 is 9.59 Å². The highest BCUT2D eigenvalue weighted by molar-refractivity contribution is 6.09. The van der Waals surface area contributed by atoms with E-state index in [0.29, 0.717) is 51.1 Å². The van der Waals surface area contributed by atoms with Gasteiger partial charge in [0.2, 0.25) is 5.91 Å². The molecule has 0 aliphatic rings. The number of nitrogens with zero attached hydrogens (tertiary/aromatic N) is 4. The second-order valence-corrected chi connectivity index (χ2v) is 12.0. The maximum atomic E-state index is 13.9. The number of carbonyl (C=O) groups excluding carboxylic acids is 2. The van der Waals surface area contributed by atoms with Gasteiger partial charge in [0.05, 0.1) is 13.1 Å². The Labute approximate surface area is 280 Å². The molecule has 246 valence electrons. The van der Waals surface area contributed by atoms with Crippen LogP contribution in [-0.2, 0) is 45.1 Å². The number of amides is 2. The van der Waals surface area contributed by atoms with Crippen LogP contribution in [0.2, 0.25) is 0 Å². The van der Waals surface area contributed by atoms with E-state index in [4.69, 9.17) is 0 Å². The fourth-order valence-electron chi connectivity index (χ4n) is 6.04. The van der Waals surface area contributed by atoms with Gasteiger partial charge in [-0.15, -0.1) is 0 Å². The van der Waals surface area contributed by atoms with Crippen LogP contribution in [0.5, 0.6) is 0 Å². The summed E-state index contributed by atoms with van der Waals surface area (Å²) in [6.07, 6.45) is 8.58. The lowest BCUT2D eigenvalue weighted by Crippen LogP contribution is -2.46. The van der Waals surface area contributed by atoms with Crippen LogP contribution in [0.3, 0.4) is 0 Å². The second kappa shape index (κ2) is 15.5. The second-order valence-electron chi connectivity index (χ2n) is 12.0. The monoisotopic (exact) mass is 642 g/mol. The smallest absolute Gasteiger partial charge is 0.252 e. The van der Waals surface area contributed by atoms with Crippen molar-refractivity contribution in [2.24, 2.45) is 14.1 Å². The molecule has 0 spiro atoms. The minimum absolute atomic E-state index is 0.209. The molecule has 0 aliphatic carbocycles. The number of aromatic nitrogens is 4. The van der Waals surface area contributed by atoms with Crippen molar-refractivity contribution in [2.45, 2.75) is 45.1 Å². The van der Waals surface area contributed by atoms with Crippen LogP contribution in [0.4, 0.5) is 0 Å². The van der Waals surface area contributed by atoms with Crippen molar-refractivity contribution in [3.05, 3.63) is 132 Å². The number of benzene rings is 4. The zero-order chi connectivity index (χ0) is 33.3. The third-order valence-electron chi connectivity index (χ3n) is 8.78. The maximum absolute atomic E-state index is 13.9. The van der Waals surface area contributed by atoms with Gasteiger partial charge in [-0.1, -0.05) is 72.8 Å². The van der Waals surface area contributed by atoms with E-state index in [9.17, 15) is 9.59 Å². The van der Waals surface area contributed by atoms with E-state index in [1.165, 1.54) is 0 Å². The first-order valence-corrected chi connectivity index (χ1v) is 16.4. The Bertz CT molecular complexity index is 2010. The lowest BCUT2D eigenvalue weighted by molar-refractivity contribution is -0.123. The molecule has 0 bridgehead atoms. The number of imidazole rings is 2. The fourth-order valence-corrected chi connectivity index (χ4v) is 6.04. The molecule has 48 heavy (non-hydrogen) atoms. The van der Waals surface area contributed by atoms with Crippen LogP contribution in [0.1, 0.15) is 46.0 Å². The van der Waals surface area contributed by atoms with Crippen molar-refractivity contribution in [1.82, 2.24) is 40.4 Å². The average molecular weight is 643 g/mol. The number of fused-ring (bicyclic) bond motifs is 2. The Kier molecular flexibility index (Phi) is 10.5. The molecule has 1 atom stereocenters. The largest absolute Gasteiger partial charge is 0.350 e. The first kappa shape index (κ1) is 32.6. The van der Waals surface area contributed by atoms with Crippen LogP contribution < -0.4 is 21.3 Å². The quantitative estimate of drug-likeness (QED) is 0.120. The Hall–Kier alpha value is -5.32. The summed E-state index contributed by atoms with van der Waals surface area (Å²) in [5.74, 6) is 1.41. The summed E-state index contributed by atoms with van der Waals surface area (Å²) in [6.45, 7) is 2.93. The maximum Gasteiger partial charge on any atom is 0.252 e. The summed E-state index contributed by atoms with van der Waals surface area (Å²) in [5, 5.41) is 17.1. The van der Waals surface area contributed by atoms with Gasteiger partial charge in [-0.3, -0.25) is 9.59 Å². The molecular weight excluding hydrogens is 600 g/mol. The zero-order valence-corrected chi connectivity index (χ0v) is 27.4. The predicted molar refractivity (Wildman–Crippen MR) is 189 cm³/mol. The molecule has 10 nitrogen and oxygen atoms in total. The van der Waals surface area contributed by atoms with E-state index in [-0.39, 0.29) is 11.8 Å². The zero-order valence-electron chi connectivity index (χ0n) is 27.4. The summed E-state index contributed by atoms with van der Waals surface area (Å²) < 4.78 is 3.96. The Morgan fingerprint density at radius 1 is 0.688 bits per heavy atom. The van der Waals surface area contributed by atoms with Crippen LogP contribution in [0.15, 0.2) is 104 Å². The van der Waals surface area contributed by atoms with Crippen molar-refractivity contribution in [3.63, 3.8) is 0 Å². The van der Waals surface area contributed by atoms with Gasteiger partial charge in [-0.05, 0) is 58.1 Å². The topological polar surface area (TPSA) is 118 Å². The summed E-state index contributed by atoms with van der Waals surface area (Å²) >= 11 is 0. The predicted octanol–water partition coefficient (Wildman–Crippen LogP) is 4.73. The molecule has 0 saturated carbocycles. The van der Waals surface area contributed by atoms with Gasteiger partial charge in [0.15, 0.2) is 0 Å². The van der Waals surface area contributed by atoms with E-state index in [0.717, 1.165) is 44.3 Å².